The van der Waals surface area contributed by atoms with Gasteiger partial charge in [0.15, 0.2) is 0 Å². The highest BCUT2D eigenvalue weighted by molar-refractivity contribution is 9.10. The Morgan fingerprint density at radius 3 is 2.79 bits per heavy atom. The number of carboxylic acids is 1. The summed E-state index contributed by atoms with van der Waals surface area (Å²) in [6, 6.07) is 4.85. The molecule has 1 aromatic carbocycles. The van der Waals surface area contributed by atoms with E-state index in [9.17, 15) is 4.79 Å². The number of aryl methyl sites for hydroxylation is 2. The van der Waals surface area contributed by atoms with Gasteiger partial charge in [0, 0.05) is 4.47 Å². The number of halogens is 1. The number of aromatic carboxylic acids is 1. The first-order valence-corrected chi connectivity index (χ1v) is 6.35. The maximum absolute atomic E-state index is 11.1. The smallest absolute Gasteiger partial charge is 0.339 e. The maximum Gasteiger partial charge on any atom is 0.339 e. The third-order valence-corrected chi connectivity index (χ3v) is 3.22. The quantitative estimate of drug-likeness (QED) is 0.933. The molecule has 1 heterocycles. The van der Waals surface area contributed by atoms with E-state index in [4.69, 9.17) is 14.4 Å². The van der Waals surface area contributed by atoms with E-state index in [1.165, 1.54) is 6.07 Å². The zero-order chi connectivity index (χ0) is 14.0. The monoisotopic (exact) mass is 325 g/mol. The fourth-order valence-electron chi connectivity index (χ4n) is 1.65. The molecule has 19 heavy (non-hydrogen) atoms. The number of aromatic nitrogens is 1. The van der Waals surface area contributed by atoms with Crippen molar-refractivity contribution in [2.24, 2.45) is 0 Å². The first-order valence-electron chi connectivity index (χ1n) is 5.56. The molecule has 0 bridgehead atoms. The molecule has 0 saturated heterocycles. The molecule has 1 aromatic heterocycles. The molecule has 0 aliphatic heterocycles. The van der Waals surface area contributed by atoms with Crippen molar-refractivity contribution in [1.29, 1.82) is 0 Å². The maximum atomic E-state index is 11.1. The Labute approximate surface area is 118 Å². The fourth-order valence-corrected chi connectivity index (χ4v) is 2.01. The summed E-state index contributed by atoms with van der Waals surface area (Å²) >= 11 is 3.23. The van der Waals surface area contributed by atoms with Crippen molar-refractivity contribution in [3.63, 3.8) is 0 Å². The second-order valence-electron chi connectivity index (χ2n) is 4.04. The Kier molecular flexibility index (Phi) is 3.90. The van der Waals surface area contributed by atoms with Crippen LogP contribution in [-0.2, 0) is 6.61 Å². The normalized spacial score (nSPS) is 10.5. The molecule has 6 heteroatoms. The van der Waals surface area contributed by atoms with Gasteiger partial charge in [-0.25, -0.2) is 4.79 Å². The standard InChI is InChI=1S/C13H12BrNO4/c1-7-11(8(2)19-15-7)6-18-12-4-3-9(14)5-10(12)13(16)17/h3-5H,6H2,1-2H3,(H,16,17). The van der Waals surface area contributed by atoms with Gasteiger partial charge in [-0.3, -0.25) is 0 Å². The SMILES string of the molecule is Cc1noc(C)c1COc1ccc(Br)cc1C(=O)O. The van der Waals surface area contributed by atoms with Crippen LogP contribution in [0.5, 0.6) is 5.75 Å². The number of nitrogens with zero attached hydrogens (tertiary/aromatic N) is 1. The third-order valence-electron chi connectivity index (χ3n) is 2.73. The lowest BCUT2D eigenvalue weighted by Crippen LogP contribution is -2.04. The summed E-state index contributed by atoms with van der Waals surface area (Å²) in [5, 5.41) is 12.9. The van der Waals surface area contributed by atoms with E-state index in [0.717, 1.165) is 11.3 Å². The summed E-state index contributed by atoms with van der Waals surface area (Å²) < 4.78 is 11.3. The third kappa shape index (κ3) is 2.96. The minimum absolute atomic E-state index is 0.112. The molecule has 0 aliphatic carbocycles. The van der Waals surface area contributed by atoms with Crippen LogP contribution in [0.15, 0.2) is 27.2 Å². The van der Waals surface area contributed by atoms with Gasteiger partial charge in [-0.05, 0) is 32.0 Å². The van der Waals surface area contributed by atoms with Crippen molar-refractivity contribution >= 4 is 21.9 Å². The van der Waals surface area contributed by atoms with Gasteiger partial charge in [0.2, 0.25) is 0 Å². The molecule has 0 aliphatic rings. The van der Waals surface area contributed by atoms with Crippen molar-refractivity contribution in [3.8, 4) is 5.75 Å². The Bertz CT molecular complexity index is 602. The van der Waals surface area contributed by atoms with Crippen LogP contribution in [0.2, 0.25) is 0 Å². The Hall–Kier alpha value is -1.82. The van der Waals surface area contributed by atoms with Gasteiger partial charge in [0.05, 0.1) is 11.3 Å². The van der Waals surface area contributed by atoms with Crippen LogP contribution in [-0.4, -0.2) is 16.2 Å². The predicted octanol–water partition coefficient (Wildman–Crippen LogP) is 3.33. The second-order valence-corrected chi connectivity index (χ2v) is 4.95. The van der Waals surface area contributed by atoms with Crippen LogP contribution >= 0.6 is 15.9 Å². The van der Waals surface area contributed by atoms with E-state index in [2.05, 4.69) is 21.1 Å². The summed E-state index contributed by atoms with van der Waals surface area (Å²) in [5.41, 5.74) is 1.69. The summed E-state index contributed by atoms with van der Waals surface area (Å²) in [5.74, 6) is -0.0442. The van der Waals surface area contributed by atoms with E-state index in [1.807, 2.05) is 6.92 Å². The molecule has 0 fully saturated rings. The van der Waals surface area contributed by atoms with Crippen molar-refractivity contribution in [2.45, 2.75) is 20.5 Å². The second kappa shape index (κ2) is 5.44. The zero-order valence-electron chi connectivity index (χ0n) is 10.4. The van der Waals surface area contributed by atoms with Gasteiger partial charge in [-0.1, -0.05) is 21.1 Å². The summed E-state index contributed by atoms with van der Waals surface area (Å²) in [6.45, 7) is 3.83. The van der Waals surface area contributed by atoms with Gasteiger partial charge in [0.25, 0.3) is 0 Å². The van der Waals surface area contributed by atoms with Crippen LogP contribution in [0.4, 0.5) is 0 Å². The van der Waals surface area contributed by atoms with Gasteiger partial charge < -0.3 is 14.4 Å². The van der Waals surface area contributed by atoms with E-state index >= 15 is 0 Å². The van der Waals surface area contributed by atoms with Crippen LogP contribution < -0.4 is 4.74 Å². The topological polar surface area (TPSA) is 72.6 Å². The highest BCUT2D eigenvalue weighted by Crippen LogP contribution is 2.25. The minimum Gasteiger partial charge on any atom is -0.488 e. The van der Waals surface area contributed by atoms with Crippen LogP contribution in [0.3, 0.4) is 0 Å². The molecule has 0 atom stereocenters. The average molecular weight is 326 g/mol. The highest BCUT2D eigenvalue weighted by atomic mass is 79.9. The summed E-state index contributed by atoms with van der Waals surface area (Å²) in [7, 11) is 0. The molecule has 0 amide bonds. The van der Waals surface area contributed by atoms with Crippen LogP contribution in [0.25, 0.3) is 0 Å². The number of carbonyl (C=O) groups is 1. The number of hydrogen-bond donors (Lipinski definition) is 1. The predicted molar refractivity (Wildman–Crippen MR) is 71.4 cm³/mol. The van der Waals surface area contributed by atoms with Crippen LogP contribution in [0.1, 0.15) is 27.4 Å². The van der Waals surface area contributed by atoms with Gasteiger partial charge in [0.1, 0.15) is 23.7 Å². The molecule has 5 nitrogen and oxygen atoms in total. The molecule has 1 N–H and O–H groups in total. The largest absolute Gasteiger partial charge is 0.488 e. The zero-order valence-corrected chi connectivity index (χ0v) is 12.0. The number of benzene rings is 1. The van der Waals surface area contributed by atoms with Gasteiger partial charge in [-0.15, -0.1) is 0 Å². The molecule has 0 spiro atoms. The van der Waals surface area contributed by atoms with E-state index in [0.29, 0.717) is 16.0 Å². The molecule has 2 rings (SSSR count). The van der Waals surface area contributed by atoms with E-state index < -0.39 is 5.97 Å². The van der Waals surface area contributed by atoms with Crippen LogP contribution in [0, 0.1) is 13.8 Å². The lowest BCUT2D eigenvalue weighted by molar-refractivity contribution is 0.0691. The molecule has 100 valence electrons. The van der Waals surface area contributed by atoms with E-state index in [1.54, 1.807) is 19.1 Å². The number of hydrogen-bond acceptors (Lipinski definition) is 4. The first-order chi connectivity index (χ1) is 8.99. The first kappa shape index (κ1) is 13.6. The molecule has 0 unspecified atom stereocenters. The minimum atomic E-state index is -1.03. The Balaban J connectivity index is 2.23. The van der Waals surface area contributed by atoms with Crippen molar-refractivity contribution in [3.05, 3.63) is 45.3 Å². The van der Waals surface area contributed by atoms with Gasteiger partial charge in [-0.2, -0.15) is 0 Å². The fraction of sp³-hybridized carbons (Fsp3) is 0.231. The van der Waals surface area contributed by atoms with E-state index in [-0.39, 0.29) is 12.2 Å². The number of carboxylic acid groups (broad SMARTS) is 1. The van der Waals surface area contributed by atoms with Gasteiger partial charge >= 0.3 is 5.97 Å². The lowest BCUT2D eigenvalue weighted by Gasteiger charge is -2.09. The molecular formula is C13H12BrNO4. The van der Waals surface area contributed by atoms with Crippen molar-refractivity contribution in [1.82, 2.24) is 5.16 Å². The van der Waals surface area contributed by atoms with Crippen molar-refractivity contribution < 1.29 is 19.2 Å². The number of ether oxygens (including phenoxy) is 1. The summed E-state index contributed by atoms with van der Waals surface area (Å²) in [4.78, 5) is 11.1. The Morgan fingerprint density at radius 2 is 2.21 bits per heavy atom. The lowest BCUT2D eigenvalue weighted by atomic mass is 10.2. The molecule has 2 aromatic rings. The molecule has 0 radical (unpaired) electrons. The summed E-state index contributed by atoms with van der Waals surface area (Å²) in [6.07, 6.45) is 0. The molecule has 0 saturated carbocycles. The average Bonchev–Trinajstić information content (AvgIpc) is 2.68. The molecular weight excluding hydrogens is 314 g/mol. The van der Waals surface area contributed by atoms with Crippen molar-refractivity contribution in [2.75, 3.05) is 0 Å². The number of rotatable bonds is 4. The highest BCUT2D eigenvalue weighted by Gasteiger charge is 2.14. The Morgan fingerprint density at radius 1 is 1.47 bits per heavy atom.